The smallest absolute Gasteiger partial charge is 0.419 e. The molecule has 0 radical (unpaired) electrons. The van der Waals surface area contributed by atoms with Crippen molar-refractivity contribution in [2.75, 3.05) is 7.11 Å². The van der Waals surface area contributed by atoms with Gasteiger partial charge in [0.15, 0.2) is 0 Å². The highest BCUT2D eigenvalue weighted by Gasteiger charge is 2.39. The second-order valence-corrected chi connectivity index (χ2v) is 5.88. The standard InChI is InChI=1S/C14H18ClNO4/c1-14(2,3)11(9-5-7-10(15)8-6-9)16(12(17)18)13(19)20-4/h5-8,11H,1-4H3,(H,17,18)/t11-/m1/s1. The number of hydrogen-bond acceptors (Lipinski definition) is 3. The summed E-state index contributed by atoms with van der Waals surface area (Å²) >= 11 is 5.84. The van der Waals surface area contributed by atoms with Gasteiger partial charge in [0.1, 0.15) is 0 Å². The minimum absolute atomic E-state index is 0.500. The van der Waals surface area contributed by atoms with Crippen molar-refractivity contribution in [2.24, 2.45) is 5.41 Å². The molecule has 110 valence electrons. The van der Waals surface area contributed by atoms with Gasteiger partial charge >= 0.3 is 12.2 Å². The average Bonchev–Trinajstić information content (AvgIpc) is 2.34. The van der Waals surface area contributed by atoms with Crippen LogP contribution < -0.4 is 0 Å². The van der Waals surface area contributed by atoms with Crippen LogP contribution in [0.1, 0.15) is 32.4 Å². The predicted molar refractivity (Wildman–Crippen MR) is 75.9 cm³/mol. The maximum absolute atomic E-state index is 11.8. The van der Waals surface area contributed by atoms with Gasteiger partial charge in [-0.1, -0.05) is 44.5 Å². The summed E-state index contributed by atoms with van der Waals surface area (Å²) in [7, 11) is 1.15. The lowest BCUT2D eigenvalue weighted by Gasteiger charge is -2.36. The molecule has 0 saturated carbocycles. The lowest BCUT2D eigenvalue weighted by molar-refractivity contribution is 0.0648. The number of carbonyl (C=O) groups is 2. The molecule has 1 rings (SSSR count). The van der Waals surface area contributed by atoms with Crippen LogP contribution in [0.4, 0.5) is 9.59 Å². The van der Waals surface area contributed by atoms with Crippen LogP contribution in [0, 0.1) is 5.41 Å². The summed E-state index contributed by atoms with van der Waals surface area (Å²) in [5.74, 6) is 0. The number of amides is 2. The fraction of sp³-hybridized carbons (Fsp3) is 0.429. The van der Waals surface area contributed by atoms with Gasteiger partial charge in [0, 0.05) is 5.02 Å². The summed E-state index contributed by atoms with van der Waals surface area (Å²) in [5.41, 5.74) is 0.176. The molecular weight excluding hydrogens is 282 g/mol. The van der Waals surface area contributed by atoms with Crippen LogP contribution in [-0.4, -0.2) is 29.3 Å². The third kappa shape index (κ3) is 3.63. The first-order chi connectivity index (χ1) is 9.18. The van der Waals surface area contributed by atoms with E-state index < -0.39 is 23.6 Å². The SMILES string of the molecule is COC(=O)N(C(=O)O)[C@H](c1ccc(Cl)cc1)C(C)(C)C. The number of halogens is 1. The summed E-state index contributed by atoms with van der Waals surface area (Å²) in [6.45, 7) is 5.56. The van der Waals surface area contributed by atoms with E-state index in [9.17, 15) is 14.7 Å². The molecule has 0 aliphatic rings. The van der Waals surface area contributed by atoms with E-state index in [0.29, 0.717) is 15.5 Å². The lowest BCUT2D eigenvalue weighted by Crippen LogP contribution is -2.44. The Bertz CT molecular complexity index is 493. The van der Waals surface area contributed by atoms with Crippen molar-refractivity contribution in [2.45, 2.75) is 26.8 Å². The Kier molecular flexibility index (Phi) is 5.00. The monoisotopic (exact) mass is 299 g/mol. The number of nitrogens with zero attached hydrogens (tertiary/aromatic N) is 1. The molecule has 0 saturated heterocycles. The molecular formula is C14H18ClNO4. The topological polar surface area (TPSA) is 66.8 Å². The number of benzene rings is 1. The fourth-order valence-electron chi connectivity index (χ4n) is 2.07. The maximum atomic E-state index is 11.8. The van der Waals surface area contributed by atoms with Crippen LogP contribution in [0.2, 0.25) is 5.02 Å². The Morgan fingerprint density at radius 1 is 1.25 bits per heavy atom. The zero-order valence-electron chi connectivity index (χ0n) is 11.9. The van der Waals surface area contributed by atoms with Gasteiger partial charge < -0.3 is 9.84 Å². The van der Waals surface area contributed by atoms with Crippen LogP contribution in [-0.2, 0) is 4.74 Å². The highest BCUT2D eigenvalue weighted by Crippen LogP contribution is 2.38. The van der Waals surface area contributed by atoms with E-state index in [1.54, 1.807) is 24.3 Å². The summed E-state index contributed by atoms with van der Waals surface area (Å²) in [6, 6.07) is 6.05. The largest absolute Gasteiger partial charge is 0.465 e. The molecule has 0 aliphatic heterocycles. The highest BCUT2D eigenvalue weighted by atomic mass is 35.5. The second-order valence-electron chi connectivity index (χ2n) is 5.44. The van der Waals surface area contributed by atoms with Crippen molar-refractivity contribution >= 4 is 23.8 Å². The molecule has 2 amide bonds. The summed E-state index contributed by atoms with van der Waals surface area (Å²) in [4.78, 5) is 23.9. The van der Waals surface area contributed by atoms with Gasteiger partial charge in [-0.25, -0.2) is 14.5 Å². The summed E-state index contributed by atoms with van der Waals surface area (Å²) in [5, 5.41) is 9.87. The highest BCUT2D eigenvalue weighted by molar-refractivity contribution is 6.30. The Hall–Kier alpha value is -1.75. The molecule has 0 unspecified atom stereocenters. The first-order valence-electron chi connectivity index (χ1n) is 6.04. The van der Waals surface area contributed by atoms with Gasteiger partial charge in [-0.2, -0.15) is 0 Å². The molecule has 1 atom stereocenters. The van der Waals surface area contributed by atoms with E-state index in [1.165, 1.54) is 0 Å². The van der Waals surface area contributed by atoms with Crippen LogP contribution in [0.15, 0.2) is 24.3 Å². The number of ether oxygens (including phenoxy) is 1. The average molecular weight is 300 g/mol. The number of methoxy groups -OCH3 is 1. The molecule has 0 bridgehead atoms. The molecule has 0 aromatic heterocycles. The molecule has 20 heavy (non-hydrogen) atoms. The van der Waals surface area contributed by atoms with Crippen LogP contribution in [0.25, 0.3) is 0 Å². The fourth-order valence-corrected chi connectivity index (χ4v) is 2.20. The maximum Gasteiger partial charge on any atom is 0.419 e. The van der Waals surface area contributed by atoms with E-state index in [0.717, 1.165) is 7.11 Å². The number of hydrogen-bond donors (Lipinski definition) is 1. The van der Waals surface area contributed by atoms with Gasteiger partial charge in [0.05, 0.1) is 13.2 Å². The van der Waals surface area contributed by atoms with Crippen molar-refractivity contribution in [1.82, 2.24) is 4.90 Å². The van der Waals surface area contributed by atoms with Crippen molar-refractivity contribution in [3.05, 3.63) is 34.9 Å². The van der Waals surface area contributed by atoms with E-state index >= 15 is 0 Å². The van der Waals surface area contributed by atoms with E-state index in [4.69, 9.17) is 11.6 Å². The van der Waals surface area contributed by atoms with Crippen molar-refractivity contribution < 1.29 is 19.4 Å². The first kappa shape index (κ1) is 16.3. The lowest BCUT2D eigenvalue weighted by atomic mass is 9.81. The molecule has 6 heteroatoms. The Morgan fingerprint density at radius 2 is 1.75 bits per heavy atom. The van der Waals surface area contributed by atoms with Crippen molar-refractivity contribution in [1.29, 1.82) is 0 Å². The molecule has 0 fully saturated rings. The first-order valence-corrected chi connectivity index (χ1v) is 6.42. The van der Waals surface area contributed by atoms with Crippen LogP contribution in [0.3, 0.4) is 0 Å². The predicted octanol–water partition coefficient (Wildman–Crippen LogP) is 4.17. The minimum atomic E-state index is -1.35. The Labute approximate surface area is 123 Å². The number of carbonyl (C=O) groups excluding carboxylic acids is 1. The number of rotatable bonds is 2. The Morgan fingerprint density at radius 3 is 2.10 bits per heavy atom. The quantitative estimate of drug-likeness (QED) is 0.890. The molecule has 1 aromatic carbocycles. The normalized spacial score (nSPS) is 12.7. The second kappa shape index (κ2) is 6.13. The Balaban J connectivity index is 3.34. The number of carboxylic acid groups (broad SMARTS) is 1. The van der Waals surface area contributed by atoms with Gasteiger partial charge in [0.2, 0.25) is 0 Å². The van der Waals surface area contributed by atoms with Gasteiger partial charge in [-0.15, -0.1) is 0 Å². The third-order valence-corrected chi connectivity index (χ3v) is 3.09. The van der Waals surface area contributed by atoms with Crippen LogP contribution in [0.5, 0.6) is 0 Å². The van der Waals surface area contributed by atoms with Gasteiger partial charge in [0.25, 0.3) is 0 Å². The van der Waals surface area contributed by atoms with E-state index in [-0.39, 0.29) is 0 Å². The zero-order valence-corrected chi connectivity index (χ0v) is 12.6. The summed E-state index contributed by atoms with van der Waals surface area (Å²) in [6.07, 6.45) is -2.26. The summed E-state index contributed by atoms with van der Waals surface area (Å²) < 4.78 is 4.58. The molecule has 1 N–H and O–H groups in total. The van der Waals surface area contributed by atoms with E-state index in [2.05, 4.69) is 4.74 Å². The van der Waals surface area contributed by atoms with Gasteiger partial charge in [-0.3, -0.25) is 0 Å². The minimum Gasteiger partial charge on any atom is -0.465 e. The molecule has 0 aliphatic carbocycles. The molecule has 1 aromatic rings. The zero-order chi connectivity index (χ0) is 15.5. The molecule has 5 nitrogen and oxygen atoms in total. The van der Waals surface area contributed by atoms with Crippen molar-refractivity contribution in [3.63, 3.8) is 0 Å². The van der Waals surface area contributed by atoms with Crippen LogP contribution >= 0.6 is 11.6 Å². The molecule has 0 spiro atoms. The van der Waals surface area contributed by atoms with Gasteiger partial charge in [-0.05, 0) is 23.1 Å². The molecule has 0 heterocycles. The van der Waals surface area contributed by atoms with E-state index in [1.807, 2.05) is 20.8 Å². The third-order valence-electron chi connectivity index (χ3n) is 2.84. The van der Waals surface area contributed by atoms with Crippen molar-refractivity contribution in [3.8, 4) is 0 Å². The number of imide groups is 1.